The summed E-state index contributed by atoms with van der Waals surface area (Å²) in [7, 11) is 1.97. The Bertz CT molecular complexity index is 102. The van der Waals surface area contributed by atoms with Crippen LogP contribution in [0.2, 0.25) is 0 Å². The third-order valence-electron chi connectivity index (χ3n) is 1.92. The van der Waals surface area contributed by atoms with Gasteiger partial charge in [0, 0.05) is 25.7 Å². The van der Waals surface area contributed by atoms with Gasteiger partial charge in [-0.3, -0.25) is 4.90 Å². The summed E-state index contributed by atoms with van der Waals surface area (Å²) in [6.45, 7) is 4.20. The van der Waals surface area contributed by atoms with Crippen molar-refractivity contribution < 1.29 is 4.39 Å². The number of nitrogens with one attached hydrogen (secondary N) is 1. The van der Waals surface area contributed by atoms with Crippen molar-refractivity contribution in [2.45, 2.75) is 19.1 Å². The van der Waals surface area contributed by atoms with E-state index in [4.69, 9.17) is 0 Å². The van der Waals surface area contributed by atoms with Gasteiger partial charge in [0.1, 0.15) is 6.17 Å². The average Bonchev–Trinajstić information content (AvgIpc) is 1.55. The number of nitrogens with zero attached hydrogens (tertiary/aromatic N) is 1. The molecular weight excluding hydrogens is 131 g/mol. The molecule has 1 heterocycles. The molecule has 1 N–H and O–H groups in total. The van der Waals surface area contributed by atoms with E-state index < -0.39 is 6.17 Å². The van der Waals surface area contributed by atoms with Crippen molar-refractivity contribution in [2.75, 3.05) is 26.7 Å². The second-order valence-electron chi connectivity index (χ2n) is 3.03. The van der Waals surface area contributed by atoms with Gasteiger partial charge in [0.15, 0.2) is 0 Å². The molecule has 0 aromatic rings. The van der Waals surface area contributed by atoms with Crippen molar-refractivity contribution in [1.29, 1.82) is 0 Å². The Hall–Kier alpha value is -0.150. The number of hydrogen-bond acceptors (Lipinski definition) is 2. The molecule has 0 aliphatic carbocycles. The van der Waals surface area contributed by atoms with Crippen molar-refractivity contribution in [2.24, 2.45) is 0 Å². The van der Waals surface area contributed by atoms with Gasteiger partial charge in [0.05, 0.1) is 0 Å². The van der Waals surface area contributed by atoms with Crippen LogP contribution in [-0.4, -0.2) is 43.8 Å². The normalized spacial score (nSPS) is 22.8. The first-order valence-corrected chi connectivity index (χ1v) is 3.75. The lowest BCUT2D eigenvalue weighted by Crippen LogP contribution is -2.56. The largest absolute Gasteiger partial charge is 0.314 e. The Balaban J connectivity index is 2.13. The molecule has 0 aromatic heterocycles. The molecule has 1 unspecified atom stereocenters. The molecule has 1 aliphatic heterocycles. The van der Waals surface area contributed by atoms with Gasteiger partial charge in [0.25, 0.3) is 0 Å². The first-order chi connectivity index (χ1) is 4.70. The summed E-state index contributed by atoms with van der Waals surface area (Å²) >= 11 is 0. The zero-order chi connectivity index (χ0) is 7.56. The maximum absolute atomic E-state index is 12.4. The van der Waals surface area contributed by atoms with Gasteiger partial charge in [-0.2, -0.15) is 0 Å². The van der Waals surface area contributed by atoms with E-state index in [1.165, 1.54) is 0 Å². The molecular formula is C7H15FN2. The second-order valence-corrected chi connectivity index (χ2v) is 3.03. The van der Waals surface area contributed by atoms with E-state index in [0.717, 1.165) is 13.1 Å². The van der Waals surface area contributed by atoms with E-state index in [1.54, 1.807) is 6.92 Å². The van der Waals surface area contributed by atoms with E-state index in [1.807, 2.05) is 7.05 Å². The predicted octanol–water partition coefficient (Wildman–Crippen LogP) is 0.248. The minimum Gasteiger partial charge on any atom is -0.314 e. The molecule has 3 heteroatoms. The number of hydrogen-bond donors (Lipinski definition) is 1. The molecule has 0 bridgehead atoms. The molecule has 2 nitrogen and oxygen atoms in total. The number of rotatable bonds is 3. The molecule has 1 fully saturated rings. The Morgan fingerprint density at radius 3 is 2.60 bits per heavy atom. The van der Waals surface area contributed by atoms with Gasteiger partial charge in [0.2, 0.25) is 0 Å². The van der Waals surface area contributed by atoms with Crippen molar-refractivity contribution >= 4 is 0 Å². The summed E-state index contributed by atoms with van der Waals surface area (Å²) in [6, 6.07) is 0.568. The Labute approximate surface area is 61.4 Å². The van der Waals surface area contributed by atoms with Crippen molar-refractivity contribution in [1.82, 2.24) is 10.2 Å². The maximum atomic E-state index is 12.4. The van der Waals surface area contributed by atoms with Gasteiger partial charge in [-0.1, -0.05) is 0 Å². The quantitative estimate of drug-likeness (QED) is 0.614. The maximum Gasteiger partial charge on any atom is 0.110 e. The third kappa shape index (κ3) is 1.92. The fourth-order valence-electron chi connectivity index (χ4n) is 1.13. The Morgan fingerprint density at radius 2 is 2.30 bits per heavy atom. The molecule has 60 valence electrons. The number of alkyl halides is 1. The van der Waals surface area contributed by atoms with Crippen LogP contribution in [0.5, 0.6) is 0 Å². The van der Waals surface area contributed by atoms with Crippen LogP contribution in [0.15, 0.2) is 0 Å². The first kappa shape index (κ1) is 7.95. The van der Waals surface area contributed by atoms with Gasteiger partial charge < -0.3 is 5.32 Å². The van der Waals surface area contributed by atoms with Crippen LogP contribution >= 0.6 is 0 Å². The van der Waals surface area contributed by atoms with Crippen LogP contribution in [0.1, 0.15) is 6.92 Å². The van der Waals surface area contributed by atoms with Crippen molar-refractivity contribution in [3.05, 3.63) is 0 Å². The number of halogens is 1. The molecule has 0 spiro atoms. The Kier molecular flexibility index (Phi) is 2.63. The smallest absolute Gasteiger partial charge is 0.110 e. The van der Waals surface area contributed by atoms with E-state index >= 15 is 0 Å². The standard InChI is InChI=1S/C7H15FN2/c1-6(8)5-10(2)7-3-9-4-7/h6-7,9H,3-5H2,1-2H3. The predicted molar refractivity (Wildman–Crippen MR) is 39.9 cm³/mol. The fourth-order valence-corrected chi connectivity index (χ4v) is 1.13. The summed E-state index contributed by atoms with van der Waals surface area (Å²) in [5.41, 5.74) is 0. The highest BCUT2D eigenvalue weighted by Gasteiger charge is 2.21. The SMILES string of the molecule is CC(F)CN(C)C1CNC1. The molecule has 0 radical (unpaired) electrons. The Morgan fingerprint density at radius 1 is 1.70 bits per heavy atom. The first-order valence-electron chi connectivity index (χ1n) is 3.75. The second kappa shape index (κ2) is 3.30. The van der Waals surface area contributed by atoms with E-state index in [2.05, 4.69) is 10.2 Å². The molecule has 1 saturated heterocycles. The van der Waals surface area contributed by atoms with E-state index in [9.17, 15) is 4.39 Å². The lowest BCUT2D eigenvalue weighted by Gasteiger charge is -2.35. The van der Waals surface area contributed by atoms with Crippen LogP contribution in [0.25, 0.3) is 0 Å². The summed E-state index contributed by atoms with van der Waals surface area (Å²) in [5.74, 6) is 0. The van der Waals surface area contributed by atoms with Gasteiger partial charge in [-0.15, -0.1) is 0 Å². The highest BCUT2D eigenvalue weighted by molar-refractivity contribution is 4.83. The minimum absolute atomic E-state index is 0.562. The van der Waals surface area contributed by atoms with Crippen molar-refractivity contribution in [3.63, 3.8) is 0 Å². The molecule has 10 heavy (non-hydrogen) atoms. The topological polar surface area (TPSA) is 15.3 Å². The lowest BCUT2D eigenvalue weighted by atomic mass is 10.1. The molecule has 1 atom stereocenters. The summed E-state index contributed by atoms with van der Waals surface area (Å²) in [5, 5.41) is 3.15. The lowest BCUT2D eigenvalue weighted by molar-refractivity contribution is 0.143. The van der Waals surface area contributed by atoms with Crippen molar-refractivity contribution in [3.8, 4) is 0 Å². The van der Waals surface area contributed by atoms with Crippen LogP contribution in [0, 0.1) is 0 Å². The van der Waals surface area contributed by atoms with Crippen LogP contribution in [0.4, 0.5) is 4.39 Å². The van der Waals surface area contributed by atoms with E-state index in [-0.39, 0.29) is 0 Å². The van der Waals surface area contributed by atoms with Gasteiger partial charge in [-0.25, -0.2) is 4.39 Å². The molecule has 0 saturated carbocycles. The monoisotopic (exact) mass is 146 g/mol. The summed E-state index contributed by atoms with van der Waals surface area (Å²) < 4.78 is 12.4. The molecule has 0 aromatic carbocycles. The van der Waals surface area contributed by atoms with Crippen LogP contribution < -0.4 is 5.32 Å². The minimum atomic E-state index is -0.703. The molecule has 0 amide bonds. The van der Waals surface area contributed by atoms with Crippen LogP contribution in [-0.2, 0) is 0 Å². The highest BCUT2D eigenvalue weighted by Crippen LogP contribution is 2.03. The van der Waals surface area contributed by atoms with Gasteiger partial charge in [-0.05, 0) is 14.0 Å². The fraction of sp³-hybridized carbons (Fsp3) is 1.00. The molecule has 1 rings (SSSR count). The van der Waals surface area contributed by atoms with Gasteiger partial charge >= 0.3 is 0 Å². The zero-order valence-electron chi connectivity index (χ0n) is 6.60. The zero-order valence-corrected chi connectivity index (χ0v) is 6.60. The molecule has 1 aliphatic rings. The van der Waals surface area contributed by atoms with Crippen LogP contribution in [0.3, 0.4) is 0 Å². The summed E-state index contributed by atoms with van der Waals surface area (Å²) in [6.07, 6.45) is -0.703. The summed E-state index contributed by atoms with van der Waals surface area (Å²) in [4.78, 5) is 2.07. The van der Waals surface area contributed by atoms with E-state index in [0.29, 0.717) is 12.6 Å². The number of likely N-dealkylation sites (N-methyl/N-ethyl adjacent to an activating group) is 1. The highest BCUT2D eigenvalue weighted by atomic mass is 19.1. The average molecular weight is 146 g/mol. The third-order valence-corrected chi connectivity index (χ3v) is 1.92.